The molecule has 0 radical (unpaired) electrons. The summed E-state index contributed by atoms with van der Waals surface area (Å²) in [6, 6.07) is 0. The molecule has 0 aliphatic rings. The molecule has 19 heavy (non-hydrogen) atoms. The quantitative estimate of drug-likeness (QED) is 0.619. The molecule has 0 bridgehead atoms. The summed E-state index contributed by atoms with van der Waals surface area (Å²) in [4.78, 5) is 36.6. The van der Waals surface area contributed by atoms with E-state index in [1.165, 1.54) is 0 Å². The molecule has 10 heteroatoms. The van der Waals surface area contributed by atoms with Crippen LogP contribution in [-0.4, -0.2) is 48.9 Å². The van der Waals surface area contributed by atoms with Gasteiger partial charge in [0.25, 0.3) is 5.56 Å². The van der Waals surface area contributed by atoms with Crippen molar-refractivity contribution in [1.82, 2.24) is 14.3 Å². The summed E-state index contributed by atoms with van der Waals surface area (Å²) in [5.74, 6) is -0.741. The van der Waals surface area contributed by atoms with Crippen molar-refractivity contribution in [2.45, 2.75) is 11.8 Å². The second-order valence-corrected chi connectivity index (χ2v) is 5.52. The van der Waals surface area contributed by atoms with Gasteiger partial charge in [-0.15, -0.1) is 0 Å². The number of rotatable bonds is 5. The maximum absolute atomic E-state index is 12.0. The Hall–Kier alpha value is -1.94. The van der Waals surface area contributed by atoms with E-state index in [2.05, 4.69) is 4.74 Å². The number of nitrogens with zero attached hydrogens (tertiary/aromatic N) is 1. The fourth-order valence-electron chi connectivity index (χ4n) is 1.23. The molecule has 0 fully saturated rings. The maximum atomic E-state index is 12.0. The maximum Gasteiger partial charge on any atom is 0.325 e. The minimum absolute atomic E-state index is 0.117. The second kappa shape index (κ2) is 5.80. The molecule has 1 rings (SSSR count). The van der Waals surface area contributed by atoms with E-state index in [0.717, 1.165) is 13.2 Å². The Morgan fingerprint density at radius 1 is 1.42 bits per heavy atom. The van der Waals surface area contributed by atoms with Crippen molar-refractivity contribution in [3.8, 4) is 0 Å². The molecule has 1 aromatic heterocycles. The largest absolute Gasteiger partial charge is 0.465 e. The Bertz CT molecular complexity index is 674. The van der Waals surface area contributed by atoms with Crippen LogP contribution in [0, 0.1) is 0 Å². The lowest BCUT2D eigenvalue weighted by Gasteiger charge is -2.15. The van der Waals surface area contributed by atoms with Crippen molar-refractivity contribution in [3.63, 3.8) is 0 Å². The van der Waals surface area contributed by atoms with Gasteiger partial charge in [0.2, 0.25) is 10.0 Å². The second-order valence-electron chi connectivity index (χ2n) is 3.50. The van der Waals surface area contributed by atoms with Gasteiger partial charge in [0.05, 0.1) is 6.61 Å². The minimum atomic E-state index is -4.18. The number of esters is 1. The normalized spacial score (nSPS) is 11.5. The van der Waals surface area contributed by atoms with Gasteiger partial charge in [-0.2, -0.15) is 4.31 Å². The van der Waals surface area contributed by atoms with Crippen LogP contribution >= 0.6 is 0 Å². The summed E-state index contributed by atoms with van der Waals surface area (Å²) in [6.45, 7) is 1.17. The lowest BCUT2D eigenvalue weighted by Crippen LogP contribution is -2.37. The summed E-state index contributed by atoms with van der Waals surface area (Å²) in [6.07, 6.45) is 0.776. The first-order chi connectivity index (χ1) is 8.78. The number of H-pyrrole nitrogens is 2. The molecule has 0 aliphatic carbocycles. The van der Waals surface area contributed by atoms with Crippen LogP contribution in [0.3, 0.4) is 0 Å². The number of carbonyl (C=O) groups is 1. The third kappa shape index (κ3) is 3.51. The van der Waals surface area contributed by atoms with Gasteiger partial charge in [0.1, 0.15) is 6.54 Å². The van der Waals surface area contributed by atoms with Crippen LogP contribution in [0.15, 0.2) is 20.7 Å². The van der Waals surface area contributed by atoms with Gasteiger partial charge in [0.15, 0.2) is 4.90 Å². The van der Waals surface area contributed by atoms with E-state index in [1.807, 2.05) is 4.98 Å². The number of nitrogens with one attached hydrogen (secondary N) is 2. The summed E-state index contributed by atoms with van der Waals surface area (Å²) >= 11 is 0. The molecule has 2 N–H and O–H groups in total. The molecule has 0 aliphatic heterocycles. The Labute approximate surface area is 108 Å². The van der Waals surface area contributed by atoms with Crippen LogP contribution in [0.5, 0.6) is 0 Å². The van der Waals surface area contributed by atoms with Crippen LogP contribution in [0.4, 0.5) is 0 Å². The zero-order valence-corrected chi connectivity index (χ0v) is 11.1. The van der Waals surface area contributed by atoms with Crippen LogP contribution in [0.2, 0.25) is 0 Å². The number of ether oxygens (including phenoxy) is 1. The highest BCUT2D eigenvalue weighted by Gasteiger charge is 2.26. The highest BCUT2D eigenvalue weighted by molar-refractivity contribution is 7.89. The van der Waals surface area contributed by atoms with Crippen LogP contribution in [0.25, 0.3) is 0 Å². The Morgan fingerprint density at radius 2 is 2.05 bits per heavy atom. The monoisotopic (exact) mass is 291 g/mol. The number of likely N-dealkylation sites (N-methyl/N-ethyl adjacent to an activating group) is 1. The van der Waals surface area contributed by atoms with E-state index in [4.69, 9.17) is 0 Å². The first kappa shape index (κ1) is 15.1. The van der Waals surface area contributed by atoms with Gasteiger partial charge < -0.3 is 9.72 Å². The van der Waals surface area contributed by atoms with Gasteiger partial charge in [-0.3, -0.25) is 14.6 Å². The fraction of sp³-hybridized carbons (Fsp3) is 0.444. The average molecular weight is 291 g/mol. The summed E-state index contributed by atoms with van der Waals surface area (Å²) in [7, 11) is -3.06. The average Bonchev–Trinajstić information content (AvgIpc) is 2.28. The SMILES string of the molecule is CCOC(=O)CN(C)S(=O)(=O)c1c[nH]c(=O)[nH]c1=O. The van der Waals surface area contributed by atoms with Crippen molar-refractivity contribution in [2.24, 2.45) is 0 Å². The van der Waals surface area contributed by atoms with E-state index in [0.29, 0.717) is 4.31 Å². The van der Waals surface area contributed by atoms with E-state index < -0.39 is 38.7 Å². The van der Waals surface area contributed by atoms with Crippen LogP contribution in [0.1, 0.15) is 6.92 Å². The van der Waals surface area contributed by atoms with Gasteiger partial charge in [0, 0.05) is 13.2 Å². The molecule has 0 aromatic carbocycles. The van der Waals surface area contributed by atoms with E-state index in [-0.39, 0.29) is 6.61 Å². The molecule has 0 amide bonds. The Kier molecular flexibility index (Phi) is 4.62. The third-order valence-electron chi connectivity index (χ3n) is 2.13. The van der Waals surface area contributed by atoms with E-state index in [1.54, 1.807) is 11.9 Å². The molecule has 0 unspecified atom stereocenters. The number of aromatic nitrogens is 2. The molecule has 1 aromatic rings. The molecular weight excluding hydrogens is 278 g/mol. The van der Waals surface area contributed by atoms with Crippen molar-refractivity contribution in [2.75, 3.05) is 20.2 Å². The van der Waals surface area contributed by atoms with Crippen molar-refractivity contribution < 1.29 is 17.9 Å². The lowest BCUT2D eigenvalue weighted by atomic mass is 10.6. The predicted octanol–water partition coefficient (Wildman–Crippen LogP) is -1.75. The number of sulfonamides is 1. The predicted molar refractivity (Wildman–Crippen MR) is 64.1 cm³/mol. The highest BCUT2D eigenvalue weighted by atomic mass is 32.2. The first-order valence-electron chi connectivity index (χ1n) is 5.23. The van der Waals surface area contributed by atoms with Crippen LogP contribution in [-0.2, 0) is 19.6 Å². The molecule has 1 heterocycles. The fourth-order valence-corrected chi connectivity index (χ4v) is 2.33. The van der Waals surface area contributed by atoms with E-state index in [9.17, 15) is 22.8 Å². The highest BCUT2D eigenvalue weighted by Crippen LogP contribution is 2.07. The number of aromatic amines is 2. The summed E-state index contributed by atoms with van der Waals surface area (Å²) < 4.78 is 29.2. The van der Waals surface area contributed by atoms with Crippen molar-refractivity contribution in [1.29, 1.82) is 0 Å². The van der Waals surface area contributed by atoms with Crippen molar-refractivity contribution in [3.05, 3.63) is 27.0 Å². The van der Waals surface area contributed by atoms with Gasteiger partial charge in [-0.1, -0.05) is 0 Å². The number of carbonyl (C=O) groups excluding carboxylic acids is 1. The zero-order chi connectivity index (χ0) is 14.6. The first-order valence-corrected chi connectivity index (χ1v) is 6.67. The van der Waals surface area contributed by atoms with Gasteiger partial charge in [-0.25, -0.2) is 13.2 Å². The molecule has 0 saturated carbocycles. The summed E-state index contributed by atoms with van der Waals surface area (Å²) in [5.41, 5.74) is -1.88. The molecular formula is C9H13N3O6S. The Morgan fingerprint density at radius 3 is 2.58 bits per heavy atom. The smallest absolute Gasteiger partial charge is 0.325 e. The molecule has 0 saturated heterocycles. The topological polar surface area (TPSA) is 129 Å². The Balaban J connectivity index is 3.07. The minimum Gasteiger partial charge on any atom is -0.465 e. The van der Waals surface area contributed by atoms with E-state index >= 15 is 0 Å². The number of hydrogen-bond acceptors (Lipinski definition) is 6. The van der Waals surface area contributed by atoms with Gasteiger partial charge in [-0.05, 0) is 6.92 Å². The molecule has 9 nitrogen and oxygen atoms in total. The summed E-state index contributed by atoms with van der Waals surface area (Å²) in [5, 5.41) is 0. The van der Waals surface area contributed by atoms with Crippen molar-refractivity contribution >= 4 is 16.0 Å². The van der Waals surface area contributed by atoms with Gasteiger partial charge >= 0.3 is 11.7 Å². The molecule has 0 spiro atoms. The molecule has 0 atom stereocenters. The standard InChI is InChI=1S/C9H13N3O6S/c1-3-18-7(13)5-12(2)19(16,17)6-4-10-9(15)11-8(6)14/h4H,3,5H2,1-2H3,(H2,10,11,14,15). The third-order valence-corrected chi connectivity index (χ3v) is 3.94. The van der Waals surface area contributed by atoms with Crippen LogP contribution < -0.4 is 11.2 Å². The lowest BCUT2D eigenvalue weighted by molar-refractivity contribution is -0.143. The number of hydrogen-bond donors (Lipinski definition) is 2. The zero-order valence-electron chi connectivity index (χ0n) is 10.3. The molecule has 106 valence electrons.